The van der Waals surface area contributed by atoms with Gasteiger partial charge < -0.3 is 15.7 Å². The zero-order chi connectivity index (χ0) is 18.2. The smallest absolute Gasteiger partial charge is 0.242 e. The molecule has 0 rings (SSSR count). The minimum Gasteiger partial charge on any atom is -0.391 e. The molecule has 0 saturated carbocycles. The van der Waals surface area contributed by atoms with E-state index >= 15 is 0 Å². The highest BCUT2D eigenvalue weighted by molar-refractivity contribution is 5.85. The second kappa shape index (κ2) is 18.5. The summed E-state index contributed by atoms with van der Waals surface area (Å²) in [6, 6.07) is -0.787. The number of halogens is 1. The summed E-state index contributed by atoms with van der Waals surface area (Å²) in [6.07, 6.45) is 13.8. The number of nitrogens with two attached hydrogens (primary N) is 1. The topological polar surface area (TPSA) is 66.6 Å². The molecule has 0 heterocycles. The predicted octanol–water partition coefficient (Wildman–Crippen LogP) is 4.67. The molecule has 25 heavy (non-hydrogen) atoms. The number of hydrogen-bond acceptors (Lipinski definition) is 3. The number of nitrogens with zero attached hydrogens (tertiary/aromatic N) is 1. The van der Waals surface area contributed by atoms with Crippen LogP contribution < -0.4 is 5.73 Å². The fourth-order valence-corrected chi connectivity index (χ4v) is 2.92. The average molecular weight is 379 g/mol. The van der Waals surface area contributed by atoms with E-state index in [-0.39, 0.29) is 18.3 Å². The molecule has 0 radical (unpaired) electrons. The Morgan fingerprint density at radius 2 is 1.20 bits per heavy atom. The molecule has 4 nitrogen and oxygen atoms in total. The van der Waals surface area contributed by atoms with Crippen molar-refractivity contribution in [3.8, 4) is 0 Å². The Bertz CT molecular complexity index is 285. The van der Waals surface area contributed by atoms with Gasteiger partial charge in [0.15, 0.2) is 0 Å². The van der Waals surface area contributed by atoms with Gasteiger partial charge in [-0.3, -0.25) is 4.79 Å². The summed E-state index contributed by atoms with van der Waals surface area (Å²) in [6.45, 7) is 7.59. The van der Waals surface area contributed by atoms with Crippen molar-refractivity contribution in [1.82, 2.24) is 4.90 Å². The van der Waals surface area contributed by atoms with Crippen LogP contribution in [0.1, 0.15) is 97.8 Å². The lowest BCUT2D eigenvalue weighted by Gasteiger charge is -2.27. The lowest BCUT2D eigenvalue weighted by atomic mass is 10.1. The summed E-state index contributed by atoms with van der Waals surface area (Å²) in [5.74, 6) is -0.0906. The van der Waals surface area contributed by atoms with Gasteiger partial charge >= 0.3 is 0 Å². The molecule has 0 aromatic rings. The third kappa shape index (κ3) is 14.5. The molecule has 0 spiro atoms. The first kappa shape index (κ1) is 26.9. The van der Waals surface area contributed by atoms with E-state index in [0.717, 1.165) is 25.9 Å². The summed E-state index contributed by atoms with van der Waals surface area (Å²) in [5.41, 5.74) is 5.86. The summed E-state index contributed by atoms with van der Waals surface area (Å²) < 4.78 is 0. The standard InChI is InChI=1S/C20H42N2O2.ClH/c1-4-6-8-10-12-14-16-22(20(24)19(21)18(3)23)17-15-13-11-9-7-5-2;/h18-19,23H,4-17,21H2,1-3H3;1H/t18?,19-;/m0./s1. The predicted molar refractivity (Wildman–Crippen MR) is 110 cm³/mol. The highest BCUT2D eigenvalue weighted by Crippen LogP contribution is 2.10. The average Bonchev–Trinajstić information content (AvgIpc) is 2.57. The summed E-state index contributed by atoms with van der Waals surface area (Å²) in [5, 5.41) is 9.61. The third-order valence-electron chi connectivity index (χ3n) is 4.68. The van der Waals surface area contributed by atoms with Crippen LogP contribution in [0.3, 0.4) is 0 Å². The first-order valence-electron chi connectivity index (χ1n) is 10.3. The zero-order valence-corrected chi connectivity index (χ0v) is 17.7. The van der Waals surface area contributed by atoms with Gasteiger partial charge in [-0.15, -0.1) is 12.4 Å². The molecule has 0 aromatic carbocycles. The number of rotatable bonds is 16. The maximum absolute atomic E-state index is 12.5. The summed E-state index contributed by atoms with van der Waals surface area (Å²) in [7, 11) is 0. The van der Waals surface area contributed by atoms with E-state index in [1.165, 1.54) is 64.2 Å². The number of unbranched alkanes of at least 4 members (excludes halogenated alkanes) is 10. The minimum atomic E-state index is -0.787. The number of amides is 1. The van der Waals surface area contributed by atoms with E-state index in [1.54, 1.807) is 6.92 Å². The Morgan fingerprint density at radius 3 is 1.56 bits per heavy atom. The molecular weight excluding hydrogens is 336 g/mol. The van der Waals surface area contributed by atoms with E-state index in [4.69, 9.17) is 5.73 Å². The molecule has 2 atom stereocenters. The van der Waals surface area contributed by atoms with Crippen molar-refractivity contribution >= 4 is 18.3 Å². The largest absolute Gasteiger partial charge is 0.391 e. The number of carbonyl (C=O) groups excluding carboxylic acids is 1. The van der Waals surface area contributed by atoms with Gasteiger partial charge in [0.05, 0.1) is 6.10 Å². The fourth-order valence-electron chi connectivity index (χ4n) is 2.92. The minimum absolute atomic E-state index is 0. The molecular formula is C20H43ClN2O2. The second-order valence-corrected chi connectivity index (χ2v) is 7.13. The van der Waals surface area contributed by atoms with Gasteiger partial charge in [-0.2, -0.15) is 0 Å². The molecule has 0 bridgehead atoms. The quantitative estimate of drug-likeness (QED) is 0.383. The second-order valence-electron chi connectivity index (χ2n) is 7.13. The van der Waals surface area contributed by atoms with Crippen LogP contribution >= 0.6 is 12.4 Å². The summed E-state index contributed by atoms with van der Waals surface area (Å²) in [4.78, 5) is 14.3. The maximum Gasteiger partial charge on any atom is 0.242 e. The van der Waals surface area contributed by atoms with Gasteiger partial charge in [-0.25, -0.2) is 0 Å². The van der Waals surface area contributed by atoms with Gasteiger partial charge in [0.2, 0.25) is 5.91 Å². The Labute approximate surface area is 162 Å². The lowest BCUT2D eigenvalue weighted by Crippen LogP contribution is -2.49. The van der Waals surface area contributed by atoms with Crippen LogP contribution in [0.15, 0.2) is 0 Å². The van der Waals surface area contributed by atoms with E-state index < -0.39 is 12.1 Å². The van der Waals surface area contributed by atoms with E-state index in [9.17, 15) is 9.90 Å². The number of aliphatic hydroxyl groups excluding tert-OH is 1. The van der Waals surface area contributed by atoms with Crippen molar-refractivity contribution in [3.05, 3.63) is 0 Å². The van der Waals surface area contributed by atoms with Crippen LogP contribution in [0.25, 0.3) is 0 Å². The Balaban J connectivity index is 0. The molecule has 0 aliphatic carbocycles. The Morgan fingerprint density at radius 1 is 0.840 bits per heavy atom. The van der Waals surface area contributed by atoms with Crippen molar-refractivity contribution in [1.29, 1.82) is 0 Å². The molecule has 0 saturated heterocycles. The van der Waals surface area contributed by atoms with Crippen LogP contribution in [0.5, 0.6) is 0 Å². The fraction of sp³-hybridized carbons (Fsp3) is 0.950. The molecule has 0 aliphatic heterocycles. The zero-order valence-electron chi connectivity index (χ0n) is 16.8. The molecule has 5 heteroatoms. The molecule has 152 valence electrons. The molecule has 1 amide bonds. The molecule has 0 aromatic heterocycles. The van der Waals surface area contributed by atoms with Crippen LogP contribution in [0, 0.1) is 0 Å². The molecule has 0 fully saturated rings. The SMILES string of the molecule is CCCCCCCCN(CCCCCCCC)C(=O)[C@@H](N)C(C)O.Cl. The first-order valence-corrected chi connectivity index (χ1v) is 10.3. The van der Waals surface area contributed by atoms with Crippen LogP contribution in [-0.4, -0.2) is 41.1 Å². The Hall–Kier alpha value is -0.320. The lowest BCUT2D eigenvalue weighted by molar-refractivity contribution is -0.135. The van der Waals surface area contributed by atoms with Crippen molar-refractivity contribution in [2.45, 2.75) is 110 Å². The van der Waals surface area contributed by atoms with Gasteiger partial charge in [-0.05, 0) is 19.8 Å². The highest BCUT2D eigenvalue weighted by atomic mass is 35.5. The van der Waals surface area contributed by atoms with Crippen LogP contribution in [0.4, 0.5) is 0 Å². The van der Waals surface area contributed by atoms with Gasteiger partial charge in [0.25, 0.3) is 0 Å². The maximum atomic E-state index is 12.5. The monoisotopic (exact) mass is 378 g/mol. The van der Waals surface area contributed by atoms with E-state index in [1.807, 2.05) is 4.90 Å². The van der Waals surface area contributed by atoms with Crippen molar-refractivity contribution in [2.24, 2.45) is 5.73 Å². The van der Waals surface area contributed by atoms with Gasteiger partial charge in [0, 0.05) is 13.1 Å². The number of carbonyl (C=O) groups is 1. The Kier molecular flexibility index (Phi) is 19.9. The van der Waals surface area contributed by atoms with Crippen LogP contribution in [0.2, 0.25) is 0 Å². The van der Waals surface area contributed by atoms with Crippen LogP contribution in [-0.2, 0) is 4.79 Å². The molecule has 1 unspecified atom stereocenters. The first-order chi connectivity index (χ1) is 11.5. The molecule has 3 N–H and O–H groups in total. The number of aliphatic hydroxyl groups is 1. The number of hydrogen-bond donors (Lipinski definition) is 2. The highest BCUT2D eigenvalue weighted by Gasteiger charge is 2.24. The van der Waals surface area contributed by atoms with Crippen molar-refractivity contribution < 1.29 is 9.90 Å². The van der Waals surface area contributed by atoms with Crippen molar-refractivity contribution in [2.75, 3.05) is 13.1 Å². The third-order valence-corrected chi connectivity index (χ3v) is 4.68. The van der Waals surface area contributed by atoms with Gasteiger partial charge in [-0.1, -0.05) is 78.1 Å². The normalized spacial score (nSPS) is 13.2. The van der Waals surface area contributed by atoms with E-state index in [2.05, 4.69) is 13.8 Å². The molecule has 0 aliphatic rings. The van der Waals surface area contributed by atoms with Gasteiger partial charge in [0.1, 0.15) is 6.04 Å². The summed E-state index contributed by atoms with van der Waals surface area (Å²) >= 11 is 0. The van der Waals surface area contributed by atoms with Crippen molar-refractivity contribution in [3.63, 3.8) is 0 Å². The van der Waals surface area contributed by atoms with E-state index in [0.29, 0.717) is 0 Å².